The molecule has 6 nitrogen and oxygen atoms in total. The maximum absolute atomic E-state index is 12.9. The lowest BCUT2D eigenvalue weighted by molar-refractivity contribution is -0.114. The van der Waals surface area contributed by atoms with E-state index in [1.807, 2.05) is 59.3 Å². The number of hydrogen-bond acceptors (Lipinski definition) is 3. The second-order valence-corrected chi connectivity index (χ2v) is 6.35. The molecule has 0 saturated heterocycles. The Morgan fingerprint density at radius 1 is 0.964 bits per heavy atom. The molecule has 2 aromatic carbocycles. The van der Waals surface area contributed by atoms with Crippen LogP contribution in [0.1, 0.15) is 23.0 Å². The van der Waals surface area contributed by atoms with Crippen LogP contribution in [0.15, 0.2) is 83.6 Å². The van der Waals surface area contributed by atoms with Crippen molar-refractivity contribution >= 4 is 29.4 Å². The molecular weight excluding hydrogens is 354 g/mol. The fraction of sp³-hybridized carbons (Fsp3) is 0.0455. The molecule has 1 aliphatic rings. The van der Waals surface area contributed by atoms with E-state index in [0.29, 0.717) is 17.0 Å². The molecular formula is C22H17N3O3. The molecule has 6 heteroatoms. The third-order valence-electron chi connectivity index (χ3n) is 4.53. The number of hydrogen-bond donors (Lipinski definition) is 1. The summed E-state index contributed by atoms with van der Waals surface area (Å²) in [6.07, 6.45) is 3.76. The Hall–Kier alpha value is -3.93. The first-order valence-corrected chi connectivity index (χ1v) is 8.72. The van der Waals surface area contributed by atoms with Crippen molar-refractivity contribution in [2.75, 3.05) is 5.01 Å². The van der Waals surface area contributed by atoms with Gasteiger partial charge in [0.05, 0.1) is 22.5 Å². The van der Waals surface area contributed by atoms with Crippen LogP contribution in [0.3, 0.4) is 0 Å². The molecule has 4 rings (SSSR count). The first-order chi connectivity index (χ1) is 13.5. The highest BCUT2D eigenvalue weighted by Gasteiger charge is 2.29. The molecule has 1 aliphatic heterocycles. The molecule has 0 radical (unpaired) electrons. The van der Waals surface area contributed by atoms with Gasteiger partial charge in [0.25, 0.3) is 5.91 Å². The third kappa shape index (κ3) is 3.12. The molecule has 0 unspecified atom stereocenters. The van der Waals surface area contributed by atoms with Gasteiger partial charge in [-0.1, -0.05) is 18.2 Å². The molecule has 0 fully saturated rings. The van der Waals surface area contributed by atoms with E-state index >= 15 is 0 Å². The van der Waals surface area contributed by atoms with Crippen molar-refractivity contribution in [2.45, 2.75) is 6.92 Å². The zero-order chi connectivity index (χ0) is 19.7. The summed E-state index contributed by atoms with van der Waals surface area (Å²) in [5.74, 6) is -1.26. The largest absolute Gasteiger partial charge is 0.478 e. The van der Waals surface area contributed by atoms with E-state index in [1.54, 1.807) is 19.1 Å². The molecule has 1 amide bonds. The summed E-state index contributed by atoms with van der Waals surface area (Å²) in [7, 11) is 0. The highest BCUT2D eigenvalue weighted by molar-refractivity contribution is 6.32. The Bertz CT molecular complexity index is 1110. The van der Waals surface area contributed by atoms with E-state index in [1.165, 1.54) is 17.1 Å². The first kappa shape index (κ1) is 17.5. The zero-order valence-corrected chi connectivity index (χ0v) is 15.1. The second kappa shape index (κ2) is 7.00. The van der Waals surface area contributed by atoms with E-state index in [0.717, 1.165) is 11.4 Å². The Labute approximate surface area is 161 Å². The van der Waals surface area contributed by atoms with Gasteiger partial charge in [0.1, 0.15) is 0 Å². The van der Waals surface area contributed by atoms with Gasteiger partial charge in [0.15, 0.2) is 0 Å². The molecule has 1 aromatic heterocycles. The maximum atomic E-state index is 12.9. The smallest absolute Gasteiger partial charge is 0.335 e. The third-order valence-corrected chi connectivity index (χ3v) is 4.53. The number of nitrogens with zero attached hydrogens (tertiary/aromatic N) is 3. The van der Waals surface area contributed by atoms with Crippen LogP contribution in [0.5, 0.6) is 0 Å². The molecule has 138 valence electrons. The maximum Gasteiger partial charge on any atom is 0.335 e. The lowest BCUT2D eigenvalue weighted by Gasteiger charge is -2.12. The Kier molecular flexibility index (Phi) is 4.37. The van der Waals surface area contributed by atoms with E-state index in [-0.39, 0.29) is 11.5 Å². The minimum atomic E-state index is -1.01. The normalized spacial score (nSPS) is 15.2. The number of carbonyl (C=O) groups excluding carboxylic acids is 1. The number of amides is 1. The Balaban J connectivity index is 1.66. The van der Waals surface area contributed by atoms with Gasteiger partial charge < -0.3 is 9.67 Å². The lowest BCUT2D eigenvalue weighted by Crippen LogP contribution is -2.21. The van der Waals surface area contributed by atoms with Crippen LogP contribution in [-0.2, 0) is 4.79 Å². The summed E-state index contributed by atoms with van der Waals surface area (Å²) in [5, 5.41) is 14.7. The summed E-state index contributed by atoms with van der Waals surface area (Å²) in [4.78, 5) is 23.9. The average molecular weight is 371 g/mol. The van der Waals surface area contributed by atoms with Crippen LogP contribution in [0.2, 0.25) is 0 Å². The summed E-state index contributed by atoms with van der Waals surface area (Å²) >= 11 is 0. The number of carboxylic acid groups (broad SMARTS) is 1. The van der Waals surface area contributed by atoms with E-state index in [4.69, 9.17) is 5.11 Å². The van der Waals surface area contributed by atoms with E-state index in [2.05, 4.69) is 5.10 Å². The van der Waals surface area contributed by atoms with Crippen molar-refractivity contribution < 1.29 is 14.7 Å². The van der Waals surface area contributed by atoms with Crippen LogP contribution < -0.4 is 5.01 Å². The average Bonchev–Trinajstić information content (AvgIpc) is 3.29. The van der Waals surface area contributed by atoms with Crippen LogP contribution >= 0.6 is 0 Å². The lowest BCUT2D eigenvalue weighted by atomic mass is 10.1. The van der Waals surface area contributed by atoms with Crippen LogP contribution in [0, 0.1) is 0 Å². The summed E-state index contributed by atoms with van der Waals surface area (Å²) in [5.41, 5.74) is 3.66. The molecule has 2 heterocycles. The number of benzene rings is 2. The number of aromatic nitrogens is 1. The van der Waals surface area contributed by atoms with Gasteiger partial charge in [0.2, 0.25) is 0 Å². The standard InChI is InChI=1S/C22H17N3O3/c1-15-20(14-19-8-5-13-24(19)17-6-3-2-4-7-17)21(26)25(23-15)18-11-9-16(10-12-18)22(27)28/h2-14H,1H3,(H,27,28)/b20-14-. The number of hydrazone groups is 1. The van der Waals surface area contributed by atoms with Gasteiger partial charge in [-0.2, -0.15) is 10.1 Å². The van der Waals surface area contributed by atoms with Gasteiger partial charge >= 0.3 is 5.97 Å². The fourth-order valence-corrected chi connectivity index (χ4v) is 3.09. The van der Waals surface area contributed by atoms with Crippen molar-refractivity contribution in [3.05, 3.63) is 89.8 Å². The Morgan fingerprint density at radius 3 is 2.36 bits per heavy atom. The van der Waals surface area contributed by atoms with Gasteiger partial charge in [-0.25, -0.2) is 4.79 Å². The van der Waals surface area contributed by atoms with Gasteiger partial charge in [-0.15, -0.1) is 0 Å². The summed E-state index contributed by atoms with van der Waals surface area (Å²) < 4.78 is 2.00. The monoisotopic (exact) mass is 371 g/mol. The molecule has 1 N–H and O–H groups in total. The predicted molar refractivity (Wildman–Crippen MR) is 108 cm³/mol. The molecule has 28 heavy (non-hydrogen) atoms. The van der Waals surface area contributed by atoms with Crippen LogP contribution in [0.4, 0.5) is 5.69 Å². The molecule has 0 atom stereocenters. The number of rotatable bonds is 4. The van der Waals surface area contributed by atoms with Crippen molar-refractivity contribution in [3.63, 3.8) is 0 Å². The number of anilines is 1. The second-order valence-electron chi connectivity index (χ2n) is 6.35. The summed E-state index contributed by atoms with van der Waals surface area (Å²) in [6.45, 7) is 1.78. The van der Waals surface area contributed by atoms with Gasteiger partial charge in [0, 0.05) is 17.6 Å². The van der Waals surface area contributed by atoms with Crippen molar-refractivity contribution in [1.82, 2.24) is 4.57 Å². The Morgan fingerprint density at radius 2 is 1.68 bits per heavy atom. The SMILES string of the molecule is CC1=NN(c2ccc(C(=O)O)cc2)C(=O)/C1=C\c1cccn1-c1ccccc1. The highest BCUT2D eigenvalue weighted by atomic mass is 16.4. The summed E-state index contributed by atoms with van der Waals surface area (Å²) in [6, 6.07) is 19.8. The van der Waals surface area contributed by atoms with Crippen LogP contribution in [-0.4, -0.2) is 27.3 Å². The number of carboxylic acids is 1. The molecule has 0 aliphatic carbocycles. The molecule has 3 aromatic rings. The topological polar surface area (TPSA) is 74.9 Å². The number of aromatic carboxylic acids is 1. The molecule has 0 saturated carbocycles. The van der Waals surface area contributed by atoms with Gasteiger partial charge in [-0.3, -0.25) is 4.79 Å². The van der Waals surface area contributed by atoms with E-state index < -0.39 is 5.97 Å². The van der Waals surface area contributed by atoms with Crippen LogP contribution in [0.25, 0.3) is 11.8 Å². The van der Waals surface area contributed by atoms with Crippen molar-refractivity contribution in [3.8, 4) is 5.69 Å². The molecule has 0 bridgehead atoms. The zero-order valence-electron chi connectivity index (χ0n) is 15.1. The van der Waals surface area contributed by atoms with Gasteiger partial charge in [-0.05, 0) is 61.5 Å². The number of carbonyl (C=O) groups is 2. The fourth-order valence-electron chi connectivity index (χ4n) is 3.09. The number of para-hydroxylation sites is 1. The first-order valence-electron chi connectivity index (χ1n) is 8.72. The molecule has 0 spiro atoms. The highest BCUT2D eigenvalue weighted by Crippen LogP contribution is 2.26. The predicted octanol–water partition coefficient (Wildman–Crippen LogP) is 3.98. The van der Waals surface area contributed by atoms with Crippen molar-refractivity contribution in [1.29, 1.82) is 0 Å². The van der Waals surface area contributed by atoms with Crippen molar-refractivity contribution in [2.24, 2.45) is 5.10 Å². The quantitative estimate of drug-likeness (QED) is 0.705. The van der Waals surface area contributed by atoms with E-state index in [9.17, 15) is 9.59 Å². The minimum absolute atomic E-state index is 0.160. The minimum Gasteiger partial charge on any atom is -0.478 e.